The number of aromatic nitrogens is 3. The topological polar surface area (TPSA) is 85.8 Å². The molecule has 6 nitrogen and oxygen atoms in total. The first kappa shape index (κ1) is 14.6. The Morgan fingerprint density at radius 3 is 2.78 bits per heavy atom. The summed E-state index contributed by atoms with van der Waals surface area (Å²) in [5.74, 6) is 0.707. The van der Waals surface area contributed by atoms with Gasteiger partial charge in [0.15, 0.2) is 5.82 Å². The molecule has 0 saturated heterocycles. The van der Waals surface area contributed by atoms with Crippen molar-refractivity contribution in [1.29, 1.82) is 0 Å². The monoisotopic (exact) mass is 253 g/mol. The second kappa shape index (κ2) is 5.95. The molecule has 3 N–H and O–H groups in total. The summed E-state index contributed by atoms with van der Waals surface area (Å²) in [6.07, 6.45) is 1.98. The fourth-order valence-electron chi connectivity index (χ4n) is 1.44. The average Bonchev–Trinajstić information content (AvgIpc) is 2.72. The average molecular weight is 253 g/mol. The van der Waals surface area contributed by atoms with Gasteiger partial charge in [-0.25, -0.2) is 0 Å². The van der Waals surface area contributed by atoms with Crippen molar-refractivity contribution in [3.63, 3.8) is 0 Å². The molecule has 1 amide bonds. The molecule has 1 aromatic heterocycles. The Bertz CT molecular complexity index is 393. The minimum atomic E-state index is -0.151. The molecule has 6 heteroatoms. The van der Waals surface area contributed by atoms with Crippen LogP contribution in [0.1, 0.15) is 39.9 Å². The number of nitrogens with two attached hydrogens (primary N) is 1. The minimum absolute atomic E-state index is 0.0527. The molecule has 0 radical (unpaired) electrons. The van der Waals surface area contributed by atoms with Gasteiger partial charge in [-0.05, 0) is 12.3 Å². The summed E-state index contributed by atoms with van der Waals surface area (Å²) >= 11 is 0. The van der Waals surface area contributed by atoms with Crippen molar-refractivity contribution < 1.29 is 4.79 Å². The lowest BCUT2D eigenvalue weighted by atomic mass is 9.85. The molecular formula is C12H23N5O. The Balaban J connectivity index is 2.43. The van der Waals surface area contributed by atoms with E-state index in [2.05, 4.69) is 15.5 Å². The largest absolute Gasteiger partial charge is 0.349 e. The Morgan fingerprint density at radius 2 is 2.22 bits per heavy atom. The SMILES string of the molecule is CCn1cnnc1CNC(=O)CC(N)C(C)(C)C. The number of nitrogens with zero attached hydrogens (tertiary/aromatic N) is 3. The van der Waals surface area contributed by atoms with Crippen LogP contribution < -0.4 is 11.1 Å². The zero-order valence-corrected chi connectivity index (χ0v) is 11.6. The fraction of sp³-hybridized carbons (Fsp3) is 0.750. The molecule has 0 spiro atoms. The van der Waals surface area contributed by atoms with Crippen LogP contribution in [-0.2, 0) is 17.9 Å². The van der Waals surface area contributed by atoms with E-state index in [4.69, 9.17) is 5.73 Å². The number of hydrogen-bond acceptors (Lipinski definition) is 4. The maximum absolute atomic E-state index is 11.7. The van der Waals surface area contributed by atoms with Crippen molar-refractivity contribution in [1.82, 2.24) is 20.1 Å². The highest BCUT2D eigenvalue weighted by Crippen LogP contribution is 2.19. The van der Waals surface area contributed by atoms with Crippen molar-refractivity contribution in [2.45, 2.75) is 53.2 Å². The lowest BCUT2D eigenvalue weighted by Gasteiger charge is -2.26. The van der Waals surface area contributed by atoms with Crippen LogP contribution in [0.4, 0.5) is 0 Å². The third kappa shape index (κ3) is 4.10. The highest BCUT2D eigenvalue weighted by Gasteiger charge is 2.23. The van der Waals surface area contributed by atoms with Crippen LogP contribution in [0.3, 0.4) is 0 Å². The number of rotatable bonds is 5. The summed E-state index contributed by atoms with van der Waals surface area (Å²) in [5, 5.41) is 10.6. The molecule has 0 aliphatic rings. The van der Waals surface area contributed by atoms with Gasteiger partial charge < -0.3 is 15.6 Å². The van der Waals surface area contributed by atoms with Crippen molar-refractivity contribution in [3.8, 4) is 0 Å². The standard InChI is InChI=1S/C12H23N5O/c1-5-17-8-15-16-10(17)7-14-11(18)6-9(13)12(2,3)4/h8-9H,5-7,13H2,1-4H3,(H,14,18). The highest BCUT2D eigenvalue weighted by molar-refractivity contribution is 5.76. The number of carbonyl (C=O) groups is 1. The van der Waals surface area contributed by atoms with E-state index in [0.717, 1.165) is 12.4 Å². The third-order valence-electron chi connectivity index (χ3n) is 3.00. The van der Waals surface area contributed by atoms with Gasteiger partial charge in [0, 0.05) is 19.0 Å². The molecule has 102 valence electrons. The molecule has 0 aliphatic heterocycles. The summed E-state index contributed by atoms with van der Waals surface area (Å²) in [5.41, 5.74) is 5.89. The molecule has 0 aliphatic carbocycles. The van der Waals surface area contributed by atoms with Crippen LogP contribution >= 0.6 is 0 Å². The normalized spacial score (nSPS) is 13.4. The smallest absolute Gasteiger partial charge is 0.221 e. The van der Waals surface area contributed by atoms with Crippen molar-refractivity contribution in [2.24, 2.45) is 11.1 Å². The summed E-state index contributed by atoms with van der Waals surface area (Å²) in [6, 6.07) is -0.151. The maximum atomic E-state index is 11.7. The van der Waals surface area contributed by atoms with Gasteiger partial charge in [0.05, 0.1) is 6.54 Å². The fourth-order valence-corrected chi connectivity index (χ4v) is 1.44. The van der Waals surface area contributed by atoms with Gasteiger partial charge in [0.25, 0.3) is 0 Å². The maximum Gasteiger partial charge on any atom is 0.221 e. The quantitative estimate of drug-likeness (QED) is 0.808. The van der Waals surface area contributed by atoms with Crippen LogP contribution in [0.15, 0.2) is 6.33 Å². The lowest BCUT2D eigenvalue weighted by molar-refractivity contribution is -0.122. The zero-order chi connectivity index (χ0) is 13.8. The molecule has 1 aromatic rings. The van der Waals surface area contributed by atoms with Crippen LogP contribution in [0.25, 0.3) is 0 Å². The van der Waals surface area contributed by atoms with Gasteiger partial charge in [0.2, 0.25) is 5.91 Å². The number of carbonyl (C=O) groups excluding carboxylic acids is 1. The number of aryl methyl sites for hydroxylation is 1. The molecule has 0 fully saturated rings. The summed E-state index contributed by atoms with van der Waals surface area (Å²) in [4.78, 5) is 11.7. The zero-order valence-electron chi connectivity index (χ0n) is 11.6. The molecular weight excluding hydrogens is 230 g/mol. The van der Waals surface area contributed by atoms with E-state index in [9.17, 15) is 4.79 Å². The van der Waals surface area contributed by atoms with Gasteiger partial charge in [-0.1, -0.05) is 20.8 Å². The summed E-state index contributed by atoms with van der Waals surface area (Å²) in [6.45, 7) is 9.27. The Morgan fingerprint density at radius 1 is 1.56 bits per heavy atom. The van der Waals surface area contributed by atoms with Gasteiger partial charge in [-0.2, -0.15) is 0 Å². The highest BCUT2D eigenvalue weighted by atomic mass is 16.1. The van der Waals surface area contributed by atoms with E-state index in [0.29, 0.717) is 13.0 Å². The first-order valence-electron chi connectivity index (χ1n) is 6.23. The lowest BCUT2D eigenvalue weighted by Crippen LogP contribution is -2.40. The van der Waals surface area contributed by atoms with Gasteiger partial charge in [0.1, 0.15) is 6.33 Å². The molecule has 1 heterocycles. The Labute approximate surface area is 108 Å². The van der Waals surface area contributed by atoms with Crippen LogP contribution in [0.5, 0.6) is 0 Å². The van der Waals surface area contributed by atoms with Crippen LogP contribution in [0, 0.1) is 5.41 Å². The molecule has 18 heavy (non-hydrogen) atoms. The molecule has 0 saturated carbocycles. The predicted molar refractivity (Wildman–Crippen MR) is 69.6 cm³/mol. The second-order valence-electron chi connectivity index (χ2n) is 5.49. The Hall–Kier alpha value is -1.43. The van der Waals surface area contributed by atoms with E-state index in [-0.39, 0.29) is 17.4 Å². The van der Waals surface area contributed by atoms with E-state index < -0.39 is 0 Å². The first-order chi connectivity index (χ1) is 8.34. The van der Waals surface area contributed by atoms with E-state index in [1.54, 1.807) is 6.33 Å². The molecule has 1 rings (SSSR count). The van der Waals surface area contributed by atoms with Crippen LogP contribution in [0.2, 0.25) is 0 Å². The van der Waals surface area contributed by atoms with Crippen molar-refractivity contribution >= 4 is 5.91 Å². The molecule has 1 unspecified atom stereocenters. The second-order valence-corrected chi connectivity index (χ2v) is 5.49. The molecule has 0 bridgehead atoms. The summed E-state index contributed by atoms with van der Waals surface area (Å²) in [7, 11) is 0. The third-order valence-corrected chi connectivity index (χ3v) is 3.00. The Kier molecular flexibility index (Phi) is 4.84. The molecule has 0 aromatic carbocycles. The van der Waals surface area contributed by atoms with Gasteiger partial charge in [-0.3, -0.25) is 4.79 Å². The van der Waals surface area contributed by atoms with Crippen LogP contribution in [-0.4, -0.2) is 26.7 Å². The van der Waals surface area contributed by atoms with E-state index >= 15 is 0 Å². The first-order valence-corrected chi connectivity index (χ1v) is 6.23. The molecule has 1 atom stereocenters. The predicted octanol–water partition coefficient (Wildman–Crippen LogP) is 0.678. The number of amides is 1. The van der Waals surface area contributed by atoms with Crippen molar-refractivity contribution in [3.05, 3.63) is 12.2 Å². The number of nitrogens with one attached hydrogen (secondary N) is 1. The van der Waals surface area contributed by atoms with Crippen molar-refractivity contribution in [2.75, 3.05) is 0 Å². The van der Waals surface area contributed by atoms with E-state index in [1.807, 2.05) is 32.3 Å². The van der Waals surface area contributed by atoms with E-state index in [1.165, 1.54) is 0 Å². The summed E-state index contributed by atoms with van der Waals surface area (Å²) < 4.78 is 1.89. The van der Waals surface area contributed by atoms with Gasteiger partial charge in [-0.15, -0.1) is 10.2 Å². The minimum Gasteiger partial charge on any atom is -0.349 e. The number of hydrogen-bond donors (Lipinski definition) is 2. The van der Waals surface area contributed by atoms with Gasteiger partial charge >= 0.3 is 0 Å².